The van der Waals surface area contributed by atoms with Crippen LogP contribution in [0.2, 0.25) is 0 Å². The van der Waals surface area contributed by atoms with Crippen LogP contribution in [-0.2, 0) is 14.8 Å². The standard InChI is InChI=1S/C11H15BrN2O3S/c1-11(2,3)10(15)14-9-5-4-7(6-8(9)12)18(13,16)17/h4-6H,1-3H3,(H,14,15)(H2,13,16,17). The molecule has 18 heavy (non-hydrogen) atoms. The van der Waals surface area contributed by atoms with Crippen molar-refractivity contribution in [2.75, 3.05) is 5.32 Å². The Hall–Kier alpha value is -0.920. The Bertz CT molecular complexity index is 576. The maximum Gasteiger partial charge on any atom is 0.238 e. The maximum absolute atomic E-state index is 11.8. The monoisotopic (exact) mass is 334 g/mol. The van der Waals surface area contributed by atoms with Crippen LogP contribution in [0.5, 0.6) is 0 Å². The van der Waals surface area contributed by atoms with Crippen molar-refractivity contribution >= 4 is 37.5 Å². The highest BCUT2D eigenvalue weighted by atomic mass is 79.9. The van der Waals surface area contributed by atoms with Gasteiger partial charge < -0.3 is 5.32 Å². The fourth-order valence-corrected chi connectivity index (χ4v) is 2.25. The van der Waals surface area contributed by atoms with E-state index in [4.69, 9.17) is 5.14 Å². The molecule has 0 unspecified atom stereocenters. The predicted octanol–water partition coefficient (Wildman–Crippen LogP) is 2.08. The van der Waals surface area contributed by atoms with E-state index in [2.05, 4.69) is 21.2 Å². The Labute approximate surface area is 115 Å². The number of nitrogens with two attached hydrogens (primary N) is 1. The number of nitrogens with one attached hydrogen (secondary N) is 1. The van der Waals surface area contributed by atoms with Crippen LogP contribution in [0, 0.1) is 5.41 Å². The van der Waals surface area contributed by atoms with Gasteiger partial charge in [0.15, 0.2) is 0 Å². The van der Waals surface area contributed by atoms with Gasteiger partial charge in [0.2, 0.25) is 15.9 Å². The summed E-state index contributed by atoms with van der Waals surface area (Å²) < 4.78 is 22.8. The SMILES string of the molecule is CC(C)(C)C(=O)Nc1ccc(S(N)(=O)=O)cc1Br. The van der Waals surface area contributed by atoms with E-state index in [1.54, 1.807) is 20.8 Å². The molecule has 100 valence electrons. The summed E-state index contributed by atoms with van der Waals surface area (Å²) in [6.45, 7) is 5.36. The van der Waals surface area contributed by atoms with Crippen LogP contribution in [-0.4, -0.2) is 14.3 Å². The molecule has 0 saturated carbocycles. The number of halogens is 1. The van der Waals surface area contributed by atoms with Crippen molar-refractivity contribution in [3.05, 3.63) is 22.7 Å². The van der Waals surface area contributed by atoms with Gasteiger partial charge in [-0.15, -0.1) is 0 Å². The third kappa shape index (κ3) is 3.79. The number of carbonyl (C=O) groups excluding carboxylic acids is 1. The van der Waals surface area contributed by atoms with Gasteiger partial charge in [-0.1, -0.05) is 20.8 Å². The van der Waals surface area contributed by atoms with E-state index in [0.29, 0.717) is 10.2 Å². The van der Waals surface area contributed by atoms with Crippen LogP contribution in [0.15, 0.2) is 27.6 Å². The number of amides is 1. The highest BCUT2D eigenvalue weighted by Gasteiger charge is 2.22. The molecule has 1 aromatic carbocycles. The molecule has 5 nitrogen and oxygen atoms in total. The van der Waals surface area contributed by atoms with E-state index in [0.717, 1.165) is 0 Å². The Morgan fingerprint density at radius 2 is 1.89 bits per heavy atom. The zero-order valence-corrected chi connectivity index (χ0v) is 12.7. The molecule has 0 spiro atoms. The molecule has 1 amide bonds. The van der Waals surface area contributed by atoms with Gasteiger partial charge in [-0.05, 0) is 34.1 Å². The van der Waals surface area contributed by atoms with Crippen LogP contribution in [0.3, 0.4) is 0 Å². The first-order valence-electron chi connectivity index (χ1n) is 5.15. The molecule has 0 radical (unpaired) electrons. The molecule has 0 aliphatic rings. The van der Waals surface area contributed by atoms with E-state index in [1.807, 2.05) is 0 Å². The van der Waals surface area contributed by atoms with Crippen molar-refractivity contribution in [1.29, 1.82) is 0 Å². The smallest absolute Gasteiger partial charge is 0.238 e. The van der Waals surface area contributed by atoms with Gasteiger partial charge in [0.1, 0.15) is 0 Å². The van der Waals surface area contributed by atoms with Crippen LogP contribution in [0.1, 0.15) is 20.8 Å². The highest BCUT2D eigenvalue weighted by molar-refractivity contribution is 9.10. The molecule has 0 fully saturated rings. The highest BCUT2D eigenvalue weighted by Crippen LogP contribution is 2.27. The fourth-order valence-electron chi connectivity index (χ4n) is 1.08. The largest absolute Gasteiger partial charge is 0.325 e. The number of rotatable bonds is 2. The molecule has 3 N–H and O–H groups in total. The van der Waals surface area contributed by atoms with Gasteiger partial charge in [-0.25, -0.2) is 13.6 Å². The van der Waals surface area contributed by atoms with E-state index in [9.17, 15) is 13.2 Å². The minimum atomic E-state index is -3.74. The number of hydrogen-bond acceptors (Lipinski definition) is 3. The Kier molecular flexibility index (Phi) is 4.19. The summed E-state index contributed by atoms with van der Waals surface area (Å²) in [5, 5.41) is 7.72. The first-order chi connectivity index (χ1) is 8.01. The lowest BCUT2D eigenvalue weighted by molar-refractivity contribution is -0.123. The number of primary sulfonamides is 1. The lowest BCUT2D eigenvalue weighted by Gasteiger charge is -2.18. The normalized spacial score (nSPS) is 12.3. The summed E-state index contributed by atoms with van der Waals surface area (Å²) in [4.78, 5) is 11.8. The lowest BCUT2D eigenvalue weighted by Crippen LogP contribution is -2.27. The summed E-state index contributed by atoms with van der Waals surface area (Å²) in [6.07, 6.45) is 0. The average molecular weight is 335 g/mol. The zero-order chi connectivity index (χ0) is 14.1. The van der Waals surface area contributed by atoms with Crippen molar-refractivity contribution in [3.8, 4) is 0 Å². The number of anilines is 1. The number of sulfonamides is 1. The molecule has 0 heterocycles. The topological polar surface area (TPSA) is 89.3 Å². The molecule has 7 heteroatoms. The minimum Gasteiger partial charge on any atom is -0.325 e. The number of hydrogen-bond donors (Lipinski definition) is 2. The molecule has 0 atom stereocenters. The second kappa shape index (κ2) is 4.99. The molecule has 0 aliphatic heterocycles. The van der Waals surface area contributed by atoms with Gasteiger partial charge in [0.25, 0.3) is 0 Å². The van der Waals surface area contributed by atoms with Crippen LogP contribution in [0.4, 0.5) is 5.69 Å². The summed E-state index contributed by atoms with van der Waals surface area (Å²) in [5.41, 5.74) is -0.0276. The summed E-state index contributed by atoms with van der Waals surface area (Å²) in [6, 6.07) is 4.19. The molecule has 0 aromatic heterocycles. The second-order valence-corrected chi connectivity index (χ2v) is 7.31. The van der Waals surface area contributed by atoms with Crippen LogP contribution in [0.25, 0.3) is 0 Å². The lowest BCUT2D eigenvalue weighted by atomic mass is 9.95. The van der Waals surface area contributed by atoms with Crippen LogP contribution >= 0.6 is 15.9 Å². The Morgan fingerprint density at radius 1 is 1.33 bits per heavy atom. The van der Waals surface area contributed by atoms with Crippen molar-refractivity contribution in [2.45, 2.75) is 25.7 Å². The fraction of sp³-hybridized carbons (Fsp3) is 0.364. The predicted molar refractivity (Wildman–Crippen MR) is 73.6 cm³/mol. The third-order valence-corrected chi connectivity index (χ3v) is 3.77. The molecule has 1 rings (SSSR count). The quantitative estimate of drug-likeness (QED) is 0.867. The molecular weight excluding hydrogens is 320 g/mol. The number of carbonyl (C=O) groups is 1. The van der Waals surface area contributed by atoms with Gasteiger partial charge >= 0.3 is 0 Å². The first-order valence-corrected chi connectivity index (χ1v) is 7.49. The van der Waals surface area contributed by atoms with Gasteiger partial charge in [-0.3, -0.25) is 4.79 Å². The molecule has 0 bridgehead atoms. The van der Waals surface area contributed by atoms with Crippen molar-refractivity contribution in [1.82, 2.24) is 0 Å². The minimum absolute atomic E-state index is 0.0110. The van der Waals surface area contributed by atoms with Gasteiger partial charge in [0, 0.05) is 9.89 Å². The molecule has 0 aliphatic carbocycles. The van der Waals surface area contributed by atoms with E-state index >= 15 is 0 Å². The van der Waals surface area contributed by atoms with Crippen molar-refractivity contribution in [2.24, 2.45) is 10.6 Å². The van der Waals surface area contributed by atoms with Gasteiger partial charge in [-0.2, -0.15) is 0 Å². The van der Waals surface area contributed by atoms with E-state index in [1.165, 1.54) is 18.2 Å². The van der Waals surface area contributed by atoms with E-state index < -0.39 is 15.4 Å². The Balaban J connectivity index is 3.05. The molecule has 0 saturated heterocycles. The average Bonchev–Trinajstić information content (AvgIpc) is 2.17. The van der Waals surface area contributed by atoms with Crippen LogP contribution < -0.4 is 10.5 Å². The number of benzene rings is 1. The zero-order valence-electron chi connectivity index (χ0n) is 10.3. The van der Waals surface area contributed by atoms with Gasteiger partial charge in [0.05, 0.1) is 10.6 Å². The maximum atomic E-state index is 11.8. The summed E-state index contributed by atoms with van der Waals surface area (Å²) in [7, 11) is -3.74. The summed E-state index contributed by atoms with van der Waals surface area (Å²) in [5.74, 6) is -0.161. The second-order valence-electron chi connectivity index (χ2n) is 4.89. The first kappa shape index (κ1) is 15.1. The molecule has 1 aromatic rings. The van der Waals surface area contributed by atoms with Crippen molar-refractivity contribution < 1.29 is 13.2 Å². The summed E-state index contributed by atoms with van der Waals surface area (Å²) >= 11 is 3.20. The van der Waals surface area contributed by atoms with Crippen molar-refractivity contribution in [3.63, 3.8) is 0 Å². The molecular formula is C11H15BrN2O3S. The Morgan fingerprint density at radius 3 is 2.28 bits per heavy atom. The van der Waals surface area contributed by atoms with E-state index in [-0.39, 0.29) is 10.8 Å². The third-order valence-electron chi connectivity index (χ3n) is 2.20.